The van der Waals surface area contributed by atoms with Crippen molar-refractivity contribution in [2.24, 2.45) is 0 Å². The third-order valence-electron chi connectivity index (χ3n) is 7.64. The maximum absolute atomic E-state index is 12.6. The van der Waals surface area contributed by atoms with Gasteiger partial charge in [0.2, 0.25) is 12.7 Å². The van der Waals surface area contributed by atoms with Crippen LogP contribution in [0.15, 0.2) is 58.8 Å². The Balaban J connectivity index is 1.58. The molecule has 4 aromatic rings. The summed E-state index contributed by atoms with van der Waals surface area (Å²) in [5.41, 5.74) is 4.10. The van der Waals surface area contributed by atoms with E-state index < -0.39 is 11.9 Å². The van der Waals surface area contributed by atoms with E-state index in [0.717, 1.165) is 18.4 Å². The minimum Gasteiger partial charge on any atom is -0.496 e. The molecule has 2 aromatic heterocycles. The van der Waals surface area contributed by atoms with Gasteiger partial charge in [0.15, 0.2) is 11.5 Å². The SMILES string of the molecule is CCCCc1onc(/C=C(\Cc2cc3c(cc2OC)OCO3)C(=O)O)c1-c1cnc(OC)cc1CCc1ccccc1C(=O)O. The van der Waals surface area contributed by atoms with E-state index in [1.807, 2.05) is 6.07 Å². The number of carboxylic acids is 2. The van der Waals surface area contributed by atoms with Crippen LogP contribution in [0.3, 0.4) is 0 Å². The van der Waals surface area contributed by atoms with Crippen molar-refractivity contribution in [2.75, 3.05) is 21.0 Å². The first-order valence-corrected chi connectivity index (χ1v) is 14.6. The standard InChI is InChI=1S/C34H34N2O9/c1-4-5-10-27-32(25-18-35-31(42-3)16-21(25)12-11-20-8-6-7-9-24(20)34(39)40)26(36-45-27)14-23(33(37)38)13-22-15-29-30(44-19-43-29)17-28(22)41-2/h6-9,14-18H,4-5,10-13,19H2,1-3H3,(H,37,38)(H,39,40)/b23-14+. The summed E-state index contributed by atoms with van der Waals surface area (Å²) < 4.78 is 27.7. The Labute approximate surface area is 260 Å². The smallest absolute Gasteiger partial charge is 0.335 e. The molecule has 0 atom stereocenters. The second-order valence-corrected chi connectivity index (χ2v) is 10.5. The van der Waals surface area contributed by atoms with E-state index in [4.69, 9.17) is 23.5 Å². The molecule has 1 aliphatic heterocycles. The van der Waals surface area contributed by atoms with Crippen LogP contribution >= 0.6 is 0 Å². The van der Waals surface area contributed by atoms with Gasteiger partial charge >= 0.3 is 11.9 Å². The van der Waals surface area contributed by atoms with Gasteiger partial charge in [-0.2, -0.15) is 0 Å². The van der Waals surface area contributed by atoms with Gasteiger partial charge in [-0.1, -0.05) is 36.7 Å². The van der Waals surface area contributed by atoms with E-state index in [-0.39, 0.29) is 24.4 Å². The average Bonchev–Trinajstić information content (AvgIpc) is 3.68. The molecule has 0 unspecified atom stereocenters. The molecule has 45 heavy (non-hydrogen) atoms. The Morgan fingerprint density at radius 1 is 0.956 bits per heavy atom. The number of pyridine rings is 1. The van der Waals surface area contributed by atoms with Crippen LogP contribution in [-0.4, -0.2) is 53.3 Å². The number of carbonyl (C=O) groups is 2. The van der Waals surface area contributed by atoms with Gasteiger partial charge in [-0.15, -0.1) is 0 Å². The highest BCUT2D eigenvalue weighted by Crippen LogP contribution is 2.40. The number of aromatic carboxylic acids is 1. The van der Waals surface area contributed by atoms with Gasteiger partial charge in [-0.05, 0) is 48.6 Å². The lowest BCUT2D eigenvalue weighted by molar-refractivity contribution is -0.132. The van der Waals surface area contributed by atoms with Crippen molar-refractivity contribution in [1.82, 2.24) is 10.1 Å². The fourth-order valence-electron chi connectivity index (χ4n) is 5.32. The Morgan fingerprint density at radius 2 is 1.71 bits per heavy atom. The molecule has 0 fully saturated rings. The van der Waals surface area contributed by atoms with Gasteiger partial charge in [-0.25, -0.2) is 14.6 Å². The second-order valence-electron chi connectivity index (χ2n) is 10.5. The van der Waals surface area contributed by atoms with E-state index in [9.17, 15) is 19.8 Å². The van der Waals surface area contributed by atoms with Gasteiger partial charge in [0, 0.05) is 47.9 Å². The number of aryl methyl sites for hydroxylation is 3. The van der Waals surface area contributed by atoms with Crippen molar-refractivity contribution in [3.63, 3.8) is 0 Å². The predicted octanol–water partition coefficient (Wildman–Crippen LogP) is 6.02. The lowest BCUT2D eigenvalue weighted by Crippen LogP contribution is -2.06. The molecule has 2 N–H and O–H groups in total. The maximum Gasteiger partial charge on any atom is 0.335 e. The Morgan fingerprint density at radius 3 is 2.42 bits per heavy atom. The van der Waals surface area contributed by atoms with Gasteiger partial charge in [0.1, 0.15) is 17.2 Å². The minimum atomic E-state index is -1.13. The van der Waals surface area contributed by atoms with E-state index in [1.165, 1.54) is 20.3 Å². The van der Waals surface area contributed by atoms with Crippen molar-refractivity contribution in [2.45, 2.75) is 45.4 Å². The summed E-state index contributed by atoms with van der Waals surface area (Å²) in [4.78, 5) is 28.9. The summed E-state index contributed by atoms with van der Waals surface area (Å²) in [5, 5.41) is 24.3. The molecule has 0 saturated heterocycles. The van der Waals surface area contributed by atoms with Crippen molar-refractivity contribution >= 4 is 18.0 Å². The number of unbranched alkanes of at least 4 members (excludes halogenated alkanes) is 1. The van der Waals surface area contributed by atoms with Gasteiger partial charge in [0.05, 0.1) is 25.3 Å². The number of rotatable bonds is 14. The third kappa shape index (κ3) is 6.93. The molecule has 1 aliphatic rings. The highest BCUT2D eigenvalue weighted by molar-refractivity contribution is 5.94. The van der Waals surface area contributed by atoms with Gasteiger partial charge in [0.25, 0.3) is 0 Å². The summed E-state index contributed by atoms with van der Waals surface area (Å²) in [6, 6.07) is 12.1. The second kappa shape index (κ2) is 14.0. The van der Waals surface area contributed by atoms with Crippen LogP contribution in [0.2, 0.25) is 0 Å². The van der Waals surface area contributed by atoms with Gasteiger partial charge < -0.3 is 33.7 Å². The predicted molar refractivity (Wildman–Crippen MR) is 164 cm³/mol. The Hall–Kier alpha value is -5.32. The van der Waals surface area contributed by atoms with E-state index in [0.29, 0.717) is 76.1 Å². The highest BCUT2D eigenvalue weighted by atomic mass is 16.7. The number of aromatic nitrogens is 2. The molecule has 0 amide bonds. The topological polar surface area (TPSA) is 150 Å². The largest absolute Gasteiger partial charge is 0.496 e. The molecule has 0 bridgehead atoms. The van der Waals surface area contributed by atoms with Crippen molar-refractivity contribution < 1.29 is 43.3 Å². The van der Waals surface area contributed by atoms with Crippen LogP contribution < -0.4 is 18.9 Å². The number of benzene rings is 2. The number of ether oxygens (including phenoxy) is 4. The molecular formula is C34H34N2O9. The van der Waals surface area contributed by atoms with E-state index in [2.05, 4.69) is 17.1 Å². The lowest BCUT2D eigenvalue weighted by Gasteiger charge is -2.13. The highest BCUT2D eigenvalue weighted by Gasteiger charge is 2.24. The summed E-state index contributed by atoms with van der Waals surface area (Å²) in [5.74, 6) is 0.388. The lowest BCUT2D eigenvalue weighted by atomic mass is 9.92. The first-order chi connectivity index (χ1) is 21.8. The van der Waals surface area contributed by atoms with Crippen LogP contribution in [0.25, 0.3) is 17.2 Å². The third-order valence-corrected chi connectivity index (χ3v) is 7.64. The number of hydrogen-bond donors (Lipinski definition) is 2. The van der Waals surface area contributed by atoms with Crippen LogP contribution in [0.1, 0.15) is 58.3 Å². The molecule has 234 valence electrons. The fraction of sp³-hybridized carbons (Fsp3) is 0.294. The molecular weight excluding hydrogens is 580 g/mol. The van der Waals surface area contributed by atoms with E-state index >= 15 is 0 Å². The normalized spacial score (nSPS) is 12.3. The molecule has 2 aromatic carbocycles. The van der Waals surface area contributed by atoms with Crippen molar-refractivity contribution in [3.8, 4) is 34.3 Å². The zero-order chi connectivity index (χ0) is 31.9. The molecule has 0 radical (unpaired) electrons. The van der Waals surface area contributed by atoms with Gasteiger partial charge in [-0.3, -0.25) is 0 Å². The molecule has 11 nitrogen and oxygen atoms in total. The summed E-state index contributed by atoms with van der Waals surface area (Å²) in [6.07, 6.45) is 6.41. The number of hydrogen-bond acceptors (Lipinski definition) is 9. The maximum atomic E-state index is 12.6. The molecule has 0 spiro atoms. The Kier molecular flexibility index (Phi) is 9.67. The zero-order valence-electron chi connectivity index (χ0n) is 25.3. The molecule has 5 rings (SSSR count). The molecule has 0 saturated carbocycles. The molecule has 3 heterocycles. The molecule has 11 heteroatoms. The van der Waals surface area contributed by atoms with Crippen LogP contribution in [0.5, 0.6) is 23.1 Å². The minimum absolute atomic E-state index is 0.0193. The number of carboxylic acid groups (broad SMARTS) is 2. The monoisotopic (exact) mass is 614 g/mol. The van der Waals surface area contributed by atoms with Crippen LogP contribution in [0.4, 0.5) is 0 Å². The van der Waals surface area contributed by atoms with Crippen molar-refractivity contribution in [1.29, 1.82) is 0 Å². The number of nitrogens with zero attached hydrogens (tertiary/aromatic N) is 2. The first-order valence-electron chi connectivity index (χ1n) is 14.6. The number of aliphatic carboxylic acids is 1. The summed E-state index contributed by atoms with van der Waals surface area (Å²) in [7, 11) is 3.03. The molecule has 0 aliphatic carbocycles. The fourth-order valence-corrected chi connectivity index (χ4v) is 5.32. The first kappa shape index (κ1) is 31.1. The number of fused-ring (bicyclic) bond motifs is 1. The number of methoxy groups -OCH3 is 2. The van der Waals surface area contributed by atoms with Crippen LogP contribution in [0, 0.1) is 0 Å². The Bertz CT molecular complexity index is 1740. The average molecular weight is 615 g/mol. The van der Waals surface area contributed by atoms with Crippen molar-refractivity contribution in [3.05, 3.63) is 87.9 Å². The zero-order valence-corrected chi connectivity index (χ0v) is 25.3. The quantitative estimate of drug-likeness (QED) is 0.161. The summed E-state index contributed by atoms with van der Waals surface area (Å²) in [6.45, 7) is 2.14. The van der Waals surface area contributed by atoms with Crippen LogP contribution in [-0.2, 0) is 30.5 Å². The van der Waals surface area contributed by atoms with E-state index in [1.54, 1.807) is 42.6 Å². The summed E-state index contributed by atoms with van der Waals surface area (Å²) >= 11 is 0.